The molecule has 2 atom stereocenters. The first-order valence-electron chi connectivity index (χ1n) is 6.26. The van der Waals surface area contributed by atoms with E-state index in [9.17, 15) is 14.9 Å². The van der Waals surface area contributed by atoms with Gasteiger partial charge in [-0.1, -0.05) is 13.0 Å². The molecule has 6 heteroatoms. The Morgan fingerprint density at radius 2 is 2.21 bits per heavy atom. The summed E-state index contributed by atoms with van der Waals surface area (Å²) in [4.78, 5) is 22.5. The number of amides is 1. The lowest BCUT2D eigenvalue weighted by Gasteiger charge is -2.15. The van der Waals surface area contributed by atoms with Crippen molar-refractivity contribution in [2.24, 2.45) is 11.8 Å². The quantitative estimate of drug-likeness (QED) is 0.642. The van der Waals surface area contributed by atoms with Crippen molar-refractivity contribution < 1.29 is 9.72 Å². The Morgan fingerprint density at radius 3 is 2.79 bits per heavy atom. The van der Waals surface area contributed by atoms with Gasteiger partial charge < -0.3 is 10.6 Å². The summed E-state index contributed by atoms with van der Waals surface area (Å²) in [6.07, 6.45) is 0. The molecule has 0 saturated carbocycles. The molecule has 0 bridgehead atoms. The lowest BCUT2D eigenvalue weighted by atomic mass is 9.97. The summed E-state index contributed by atoms with van der Waals surface area (Å²) in [5.74, 6) is 0.110. The fourth-order valence-electron chi connectivity index (χ4n) is 2.34. The fraction of sp³-hybridized carbons (Fsp3) is 0.462. The van der Waals surface area contributed by atoms with E-state index in [1.165, 1.54) is 6.07 Å². The first-order valence-corrected chi connectivity index (χ1v) is 6.26. The van der Waals surface area contributed by atoms with Crippen LogP contribution in [-0.2, 0) is 4.79 Å². The van der Waals surface area contributed by atoms with E-state index in [2.05, 4.69) is 10.6 Å². The van der Waals surface area contributed by atoms with Crippen molar-refractivity contribution in [3.05, 3.63) is 33.9 Å². The van der Waals surface area contributed by atoms with Crippen molar-refractivity contribution in [1.29, 1.82) is 0 Å². The van der Waals surface area contributed by atoms with Gasteiger partial charge in [-0.25, -0.2) is 0 Å². The molecule has 2 rings (SSSR count). The second-order valence-corrected chi connectivity index (χ2v) is 4.94. The Hall–Kier alpha value is -1.95. The summed E-state index contributed by atoms with van der Waals surface area (Å²) in [6, 6.07) is 4.70. The first kappa shape index (κ1) is 13.5. The average Bonchev–Trinajstić information content (AvgIpc) is 2.77. The molecule has 0 aromatic heterocycles. The third kappa shape index (κ3) is 2.73. The SMILES string of the molecule is Cc1c(NC(=O)C2CNCC2C)cccc1[N+](=O)[O-]. The van der Waals surface area contributed by atoms with E-state index in [4.69, 9.17) is 0 Å². The zero-order valence-corrected chi connectivity index (χ0v) is 11.0. The number of nitrogens with one attached hydrogen (secondary N) is 2. The van der Waals surface area contributed by atoms with Crippen LogP contribution in [0.15, 0.2) is 18.2 Å². The smallest absolute Gasteiger partial charge is 0.274 e. The molecule has 6 nitrogen and oxygen atoms in total. The van der Waals surface area contributed by atoms with Gasteiger partial charge in [0.15, 0.2) is 0 Å². The maximum atomic E-state index is 12.1. The monoisotopic (exact) mass is 263 g/mol. The predicted octanol–water partition coefficient (Wildman–Crippen LogP) is 1.70. The Bertz CT molecular complexity index is 516. The fourth-order valence-corrected chi connectivity index (χ4v) is 2.34. The van der Waals surface area contributed by atoms with E-state index in [0.717, 1.165) is 6.54 Å². The minimum Gasteiger partial charge on any atom is -0.325 e. The van der Waals surface area contributed by atoms with Crippen LogP contribution in [0.25, 0.3) is 0 Å². The molecule has 1 fully saturated rings. The molecular weight excluding hydrogens is 246 g/mol. The van der Waals surface area contributed by atoms with Gasteiger partial charge in [-0.3, -0.25) is 14.9 Å². The highest BCUT2D eigenvalue weighted by Gasteiger charge is 2.30. The van der Waals surface area contributed by atoms with E-state index in [1.807, 2.05) is 6.92 Å². The highest BCUT2D eigenvalue weighted by Crippen LogP contribution is 2.26. The van der Waals surface area contributed by atoms with Crippen LogP contribution < -0.4 is 10.6 Å². The lowest BCUT2D eigenvalue weighted by Crippen LogP contribution is -2.28. The highest BCUT2D eigenvalue weighted by atomic mass is 16.6. The number of carbonyl (C=O) groups excluding carboxylic acids is 1. The lowest BCUT2D eigenvalue weighted by molar-refractivity contribution is -0.385. The Morgan fingerprint density at radius 1 is 1.47 bits per heavy atom. The van der Waals surface area contributed by atoms with Crippen molar-refractivity contribution >= 4 is 17.3 Å². The molecule has 2 N–H and O–H groups in total. The van der Waals surface area contributed by atoms with Crippen LogP contribution in [0.3, 0.4) is 0 Å². The van der Waals surface area contributed by atoms with Crippen LogP contribution in [-0.4, -0.2) is 23.9 Å². The summed E-state index contributed by atoms with van der Waals surface area (Å²) < 4.78 is 0. The Labute approximate surface area is 111 Å². The van der Waals surface area contributed by atoms with Crippen molar-refractivity contribution in [2.45, 2.75) is 13.8 Å². The van der Waals surface area contributed by atoms with Gasteiger partial charge in [0.1, 0.15) is 0 Å². The molecule has 102 valence electrons. The molecular formula is C13H17N3O3. The van der Waals surface area contributed by atoms with Gasteiger partial charge in [0.05, 0.1) is 22.1 Å². The van der Waals surface area contributed by atoms with Gasteiger partial charge in [0.25, 0.3) is 5.69 Å². The van der Waals surface area contributed by atoms with Gasteiger partial charge in [-0.2, -0.15) is 0 Å². The molecule has 1 heterocycles. The topological polar surface area (TPSA) is 84.3 Å². The summed E-state index contributed by atoms with van der Waals surface area (Å²) in [5, 5.41) is 16.8. The Kier molecular flexibility index (Phi) is 3.80. The molecule has 1 aliphatic heterocycles. The van der Waals surface area contributed by atoms with Crippen LogP contribution in [0.5, 0.6) is 0 Å². The maximum absolute atomic E-state index is 12.1. The van der Waals surface area contributed by atoms with Crippen molar-refractivity contribution in [3.63, 3.8) is 0 Å². The minimum atomic E-state index is -0.440. The number of hydrogen-bond donors (Lipinski definition) is 2. The van der Waals surface area contributed by atoms with Crippen molar-refractivity contribution in [1.82, 2.24) is 5.32 Å². The molecule has 1 aromatic rings. The normalized spacial score (nSPS) is 22.2. The largest absolute Gasteiger partial charge is 0.325 e. The minimum absolute atomic E-state index is 0.0235. The number of hydrogen-bond acceptors (Lipinski definition) is 4. The summed E-state index contributed by atoms with van der Waals surface area (Å²) in [7, 11) is 0. The van der Waals surface area contributed by atoms with Crippen LogP contribution in [0, 0.1) is 28.9 Å². The first-order chi connectivity index (χ1) is 9.00. The standard InChI is InChI=1S/C13H17N3O3/c1-8-6-14-7-10(8)13(17)15-11-4-3-5-12(9(11)2)16(18)19/h3-5,8,10,14H,6-7H2,1-2H3,(H,15,17). The number of nitrogens with zero attached hydrogens (tertiary/aromatic N) is 1. The number of benzene rings is 1. The molecule has 1 aromatic carbocycles. The second-order valence-electron chi connectivity index (χ2n) is 4.94. The molecule has 0 spiro atoms. The second kappa shape index (κ2) is 5.36. The molecule has 1 aliphatic rings. The zero-order chi connectivity index (χ0) is 14.0. The Balaban J connectivity index is 2.17. The molecule has 1 amide bonds. The average molecular weight is 263 g/mol. The van der Waals surface area contributed by atoms with E-state index < -0.39 is 4.92 Å². The van der Waals surface area contributed by atoms with Gasteiger partial charge in [0.2, 0.25) is 5.91 Å². The van der Waals surface area contributed by atoms with E-state index in [1.54, 1.807) is 19.1 Å². The summed E-state index contributed by atoms with van der Waals surface area (Å²) in [6.45, 7) is 5.14. The number of carbonyl (C=O) groups is 1. The maximum Gasteiger partial charge on any atom is 0.274 e. The van der Waals surface area contributed by atoms with Crippen molar-refractivity contribution in [2.75, 3.05) is 18.4 Å². The van der Waals surface area contributed by atoms with E-state index in [0.29, 0.717) is 17.8 Å². The van der Waals surface area contributed by atoms with Crippen LogP contribution >= 0.6 is 0 Å². The highest BCUT2D eigenvalue weighted by molar-refractivity contribution is 5.94. The van der Waals surface area contributed by atoms with E-state index >= 15 is 0 Å². The number of rotatable bonds is 3. The molecule has 2 unspecified atom stereocenters. The summed E-state index contributed by atoms with van der Waals surface area (Å²) >= 11 is 0. The van der Waals surface area contributed by atoms with Crippen molar-refractivity contribution in [3.8, 4) is 0 Å². The molecule has 19 heavy (non-hydrogen) atoms. The zero-order valence-electron chi connectivity index (χ0n) is 11.0. The predicted molar refractivity (Wildman–Crippen MR) is 72.0 cm³/mol. The number of anilines is 1. The molecule has 1 saturated heterocycles. The number of nitro benzene ring substituents is 1. The van der Waals surface area contributed by atoms with Gasteiger partial charge in [-0.15, -0.1) is 0 Å². The van der Waals surface area contributed by atoms with Gasteiger partial charge in [0, 0.05) is 12.6 Å². The van der Waals surface area contributed by atoms with Crippen LogP contribution in [0.2, 0.25) is 0 Å². The summed E-state index contributed by atoms with van der Waals surface area (Å²) in [5.41, 5.74) is 1.02. The van der Waals surface area contributed by atoms with Gasteiger partial charge >= 0.3 is 0 Å². The number of nitro groups is 1. The van der Waals surface area contributed by atoms with E-state index in [-0.39, 0.29) is 23.4 Å². The molecule has 0 aliphatic carbocycles. The molecule has 0 radical (unpaired) electrons. The van der Waals surface area contributed by atoms with Crippen LogP contribution in [0.4, 0.5) is 11.4 Å². The van der Waals surface area contributed by atoms with Gasteiger partial charge in [-0.05, 0) is 25.5 Å². The third-order valence-corrected chi connectivity index (χ3v) is 3.61. The van der Waals surface area contributed by atoms with Crippen LogP contribution in [0.1, 0.15) is 12.5 Å². The third-order valence-electron chi connectivity index (χ3n) is 3.61.